The number of aliphatic hydroxyl groups is 1. The summed E-state index contributed by atoms with van der Waals surface area (Å²) in [4.78, 5) is 0. The first-order valence-electron chi connectivity index (χ1n) is 6.18. The molecule has 0 aliphatic carbocycles. The van der Waals surface area contributed by atoms with Crippen molar-refractivity contribution in [2.45, 2.75) is 39.8 Å². The zero-order chi connectivity index (χ0) is 12.8. The second-order valence-corrected chi connectivity index (χ2v) is 4.67. The maximum atomic E-state index is 13.0. The molecule has 0 spiro atoms. The Morgan fingerprint density at radius 3 is 2.71 bits per heavy atom. The van der Waals surface area contributed by atoms with Crippen LogP contribution in [0.2, 0.25) is 0 Å². The lowest BCUT2D eigenvalue weighted by Crippen LogP contribution is -2.31. The number of nitrogens with one attached hydrogen (secondary N) is 1. The fourth-order valence-corrected chi connectivity index (χ4v) is 1.65. The zero-order valence-electron chi connectivity index (χ0n) is 10.8. The number of hydrogen-bond acceptors (Lipinski definition) is 2. The fraction of sp³-hybridized carbons (Fsp3) is 0.571. The van der Waals surface area contributed by atoms with Gasteiger partial charge in [0, 0.05) is 13.1 Å². The molecular formula is C14H22FNO. The predicted molar refractivity (Wildman–Crippen MR) is 68.3 cm³/mol. The summed E-state index contributed by atoms with van der Waals surface area (Å²) in [5.74, 6) is 0.130. The molecule has 0 saturated heterocycles. The van der Waals surface area contributed by atoms with Crippen LogP contribution in [0.15, 0.2) is 18.2 Å². The van der Waals surface area contributed by atoms with E-state index in [0.717, 1.165) is 12.0 Å². The fourth-order valence-electron chi connectivity index (χ4n) is 1.65. The third-order valence-corrected chi connectivity index (χ3v) is 3.21. The molecule has 2 atom stereocenters. The lowest BCUT2D eigenvalue weighted by Gasteiger charge is -2.17. The van der Waals surface area contributed by atoms with Crippen molar-refractivity contribution in [3.8, 4) is 0 Å². The number of hydrogen-bond donors (Lipinski definition) is 2. The number of aliphatic hydroxyl groups excluding tert-OH is 1. The molecule has 0 fully saturated rings. The van der Waals surface area contributed by atoms with Crippen LogP contribution in [0.1, 0.15) is 31.4 Å². The Kier molecular flexibility index (Phi) is 5.59. The first kappa shape index (κ1) is 14.1. The first-order chi connectivity index (χ1) is 8.04. The normalized spacial score (nSPS) is 14.6. The maximum absolute atomic E-state index is 13.0. The number of benzene rings is 1. The van der Waals surface area contributed by atoms with Crippen molar-refractivity contribution in [1.29, 1.82) is 0 Å². The molecule has 1 rings (SSSR count). The molecule has 2 unspecified atom stereocenters. The zero-order valence-corrected chi connectivity index (χ0v) is 10.8. The van der Waals surface area contributed by atoms with Gasteiger partial charge in [-0.05, 0) is 30.0 Å². The first-order valence-corrected chi connectivity index (χ1v) is 6.18. The second kappa shape index (κ2) is 6.72. The summed E-state index contributed by atoms with van der Waals surface area (Å²) in [6.07, 6.45) is 0.653. The number of halogens is 1. The van der Waals surface area contributed by atoms with Crippen LogP contribution in [0.25, 0.3) is 0 Å². The quantitative estimate of drug-likeness (QED) is 0.800. The molecule has 96 valence electrons. The average molecular weight is 239 g/mol. The van der Waals surface area contributed by atoms with Crippen molar-refractivity contribution in [2.24, 2.45) is 5.92 Å². The molecule has 2 N–H and O–H groups in total. The van der Waals surface area contributed by atoms with Crippen LogP contribution in [-0.4, -0.2) is 17.8 Å². The van der Waals surface area contributed by atoms with E-state index in [4.69, 9.17) is 0 Å². The third kappa shape index (κ3) is 4.44. The molecular weight excluding hydrogens is 217 g/mol. The molecule has 17 heavy (non-hydrogen) atoms. The molecule has 1 aromatic carbocycles. The molecule has 0 aliphatic rings. The molecule has 1 aromatic rings. The summed E-state index contributed by atoms with van der Waals surface area (Å²) < 4.78 is 13.0. The average Bonchev–Trinajstić information content (AvgIpc) is 2.32. The number of aryl methyl sites for hydroxylation is 1. The maximum Gasteiger partial charge on any atom is 0.126 e. The van der Waals surface area contributed by atoms with Gasteiger partial charge in [-0.1, -0.05) is 32.4 Å². The van der Waals surface area contributed by atoms with Crippen LogP contribution >= 0.6 is 0 Å². The van der Waals surface area contributed by atoms with Gasteiger partial charge in [0.25, 0.3) is 0 Å². The topological polar surface area (TPSA) is 32.3 Å². The van der Waals surface area contributed by atoms with Gasteiger partial charge < -0.3 is 10.4 Å². The Morgan fingerprint density at radius 2 is 2.12 bits per heavy atom. The van der Waals surface area contributed by atoms with Crippen LogP contribution in [0.4, 0.5) is 4.39 Å². The van der Waals surface area contributed by atoms with Crippen LogP contribution in [-0.2, 0) is 6.54 Å². The van der Waals surface area contributed by atoms with Crippen molar-refractivity contribution in [3.05, 3.63) is 35.1 Å². The van der Waals surface area contributed by atoms with E-state index < -0.39 is 0 Å². The molecule has 0 amide bonds. The minimum absolute atomic E-state index is 0.173. The van der Waals surface area contributed by atoms with E-state index in [0.29, 0.717) is 24.6 Å². The van der Waals surface area contributed by atoms with Crippen molar-refractivity contribution < 1.29 is 9.50 Å². The van der Waals surface area contributed by atoms with Gasteiger partial charge in [-0.25, -0.2) is 4.39 Å². The Balaban J connectivity index is 2.38. The van der Waals surface area contributed by atoms with Gasteiger partial charge in [-0.15, -0.1) is 0 Å². The summed E-state index contributed by atoms with van der Waals surface area (Å²) in [5, 5.41) is 13.0. The van der Waals surface area contributed by atoms with E-state index in [1.165, 1.54) is 6.07 Å². The SMILES string of the molecule is CCC(C)C(O)CNCc1ccc(F)c(C)c1. The van der Waals surface area contributed by atoms with E-state index in [2.05, 4.69) is 12.2 Å². The highest BCUT2D eigenvalue weighted by molar-refractivity contribution is 5.23. The molecule has 2 nitrogen and oxygen atoms in total. The molecule has 3 heteroatoms. The Labute approximate surface area is 103 Å². The predicted octanol–water partition coefficient (Wildman–Crippen LogP) is 2.63. The Bertz CT molecular complexity index is 354. The molecule has 0 aliphatic heterocycles. The van der Waals surface area contributed by atoms with E-state index in [1.807, 2.05) is 13.0 Å². The molecule has 0 bridgehead atoms. The van der Waals surface area contributed by atoms with E-state index in [-0.39, 0.29) is 11.9 Å². The molecule has 0 aromatic heterocycles. The Morgan fingerprint density at radius 1 is 1.41 bits per heavy atom. The lowest BCUT2D eigenvalue weighted by molar-refractivity contribution is 0.113. The van der Waals surface area contributed by atoms with E-state index in [9.17, 15) is 9.50 Å². The highest BCUT2D eigenvalue weighted by Gasteiger charge is 2.11. The van der Waals surface area contributed by atoms with Gasteiger partial charge in [0.05, 0.1) is 6.10 Å². The summed E-state index contributed by atoms with van der Waals surface area (Å²) in [6.45, 7) is 7.10. The second-order valence-electron chi connectivity index (χ2n) is 4.67. The van der Waals surface area contributed by atoms with Gasteiger partial charge in [0.1, 0.15) is 5.82 Å². The van der Waals surface area contributed by atoms with Gasteiger partial charge in [0.2, 0.25) is 0 Å². The smallest absolute Gasteiger partial charge is 0.126 e. The molecule has 0 saturated carbocycles. The van der Waals surface area contributed by atoms with Gasteiger partial charge in [0.15, 0.2) is 0 Å². The van der Waals surface area contributed by atoms with E-state index >= 15 is 0 Å². The van der Waals surface area contributed by atoms with Gasteiger partial charge >= 0.3 is 0 Å². The Hall–Kier alpha value is -0.930. The lowest BCUT2D eigenvalue weighted by atomic mass is 10.0. The van der Waals surface area contributed by atoms with Crippen LogP contribution < -0.4 is 5.32 Å². The summed E-state index contributed by atoms with van der Waals surface area (Å²) in [6, 6.07) is 5.08. The van der Waals surface area contributed by atoms with Crippen molar-refractivity contribution in [2.75, 3.05) is 6.54 Å². The van der Waals surface area contributed by atoms with E-state index in [1.54, 1.807) is 13.0 Å². The highest BCUT2D eigenvalue weighted by atomic mass is 19.1. The minimum Gasteiger partial charge on any atom is -0.392 e. The van der Waals surface area contributed by atoms with Crippen molar-refractivity contribution in [3.63, 3.8) is 0 Å². The van der Waals surface area contributed by atoms with Crippen LogP contribution in [0, 0.1) is 18.7 Å². The van der Waals surface area contributed by atoms with Crippen LogP contribution in [0.5, 0.6) is 0 Å². The third-order valence-electron chi connectivity index (χ3n) is 3.21. The van der Waals surface area contributed by atoms with Crippen LogP contribution in [0.3, 0.4) is 0 Å². The number of rotatable bonds is 6. The summed E-state index contributed by atoms with van der Waals surface area (Å²) >= 11 is 0. The summed E-state index contributed by atoms with van der Waals surface area (Å²) in [5.41, 5.74) is 1.70. The minimum atomic E-state index is -0.318. The monoisotopic (exact) mass is 239 g/mol. The van der Waals surface area contributed by atoms with Crippen molar-refractivity contribution in [1.82, 2.24) is 5.32 Å². The molecule has 0 radical (unpaired) electrons. The standard InChI is InChI=1S/C14H22FNO/c1-4-10(2)14(17)9-16-8-12-5-6-13(15)11(3)7-12/h5-7,10,14,16-17H,4,8-9H2,1-3H3. The highest BCUT2D eigenvalue weighted by Crippen LogP contribution is 2.10. The van der Waals surface area contributed by atoms with Gasteiger partial charge in [-0.2, -0.15) is 0 Å². The van der Waals surface area contributed by atoms with Gasteiger partial charge in [-0.3, -0.25) is 0 Å². The molecule has 0 heterocycles. The van der Waals surface area contributed by atoms with Crippen molar-refractivity contribution >= 4 is 0 Å². The largest absolute Gasteiger partial charge is 0.392 e. The summed E-state index contributed by atoms with van der Waals surface area (Å²) in [7, 11) is 0.